The molecule has 3 aromatic carbocycles. The molecule has 1 N–H and O–H groups in total. The molecule has 0 saturated heterocycles. The second-order valence-electron chi connectivity index (χ2n) is 8.79. The summed E-state index contributed by atoms with van der Waals surface area (Å²) in [5.41, 5.74) is 5.34. The zero-order valence-corrected chi connectivity index (χ0v) is 18.6. The largest absolute Gasteiger partial charge is 0.357 e. The number of ketones is 1. The van der Waals surface area contributed by atoms with E-state index >= 15 is 0 Å². The topological polar surface area (TPSA) is 49.4 Å². The van der Waals surface area contributed by atoms with Crippen molar-refractivity contribution in [3.05, 3.63) is 107 Å². The van der Waals surface area contributed by atoms with Crippen LogP contribution < -0.4 is 10.2 Å². The number of amides is 1. The first-order valence-corrected chi connectivity index (χ1v) is 11.2. The SMILES string of the molecule is CC(=O)N1c2ccccc2NC2=C(C(=O)C[C@@H](c3ccccc3F)C2)[C@@H]1c1ccc(C)cc1. The molecular weight excluding hydrogens is 415 g/mol. The van der Waals surface area contributed by atoms with Crippen LogP contribution in [-0.4, -0.2) is 11.7 Å². The number of hydrogen-bond acceptors (Lipinski definition) is 3. The number of benzene rings is 3. The highest BCUT2D eigenvalue weighted by Gasteiger charge is 2.41. The van der Waals surface area contributed by atoms with Gasteiger partial charge in [-0.25, -0.2) is 4.39 Å². The lowest BCUT2D eigenvalue weighted by Gasteiger charge is -2.34. The Morgan fingerprint density at radius 3 is 2.39 bits per heavy atom. The zero-order chi connectivity index (χ0) is 23.1. The van der Waals surface area contributed by atoms with Crippen molar-refractivity contribution in [2.45, 2.75) is 38.6 Å². The van der Waals surface area contributed by atoms with E-state index in [2.05, 4.69) is 5.32 Å². The van der Waals surface area contributed by atoms with Crippen molar-refractivity contribution < 1.29 is 14.0 Å². The van der Waals surface area contributed by atoms with E-state index in [0.717, 1.165) is 28.2 Å². The van der Waals surface area contributed by atoms with Gasteiger partial charge < -0.3 is 5.32 Å². The Kier molecular flexibility index (Phi) is 5.33. The van der Waals surface area contributed by atoms with Gasteiger partial charge in [-0.1, -0.05) is 60.2 Å². The summed E-state index contributed by atoms with van der Waals surface area (Å²) in [6, 6.07) is 21.6. The summed E-state index contributed by atoms with van der Waals surface area (Å²) in [5, 5.41) is 3.45. The number of carbonyl (C=O) groups excluding carboxylic acids is 2. The predicted octanol–water partition coefficient (Wildman–Crippen LogP) is 6.05. The summed E-state index contributed by atoms with van der Waals surface area (Å²) < 4.78 is 14.6. The Morgan fingerprint density at radius 1 is 0.970 bits per heavy atom. The Labute approximate surface area is 192 Å². The van der Waals surface area contributed by atoms with E-state index in [4.69, 9.17) is 0 Å². The van der Waals surface area contributed by atoms with Crippen molar-refractivity contribution in [3.8, 4) is 0 Å². The van der Waals surface area contributed by atoms with Gasteiger partial charge in [-0.05, 0) is 48.6 Å². The molecular formula is C28H25FN2O2. The summed E-state index contributed by atoms with van der Waals surface area (Å²) in [6.07, 6.45) is 0.691. The Hall–Kier alpha value is -3.73. The van der Waals surface area contributed by atoms with E-state index in [1.807, 2.05) is 55.5 Å². The molecule has 2 aliphatic rings. The van der Waals surface area contributed by atoms with Crippen molar-refractivity contribution in [3.63, 3.8) is 0 Å². The van der Waals surface area contributed by atoms with Crippen molar-refractivity contribution in [2.75, 3.05) is 10.2 Å². The van der Waals surface area contributed by atoms with Crippen molar-refractivity contribution >= 4 is 23.1 Å². The fraction of sp³-hybridized carbons (Fsp3) is 0.214. The maximum Gasteiger partial charge on any atom is 0.224 e. The van der Waals surface area contributed by atoms with Crippen LogP contribution in [0.3, 0.4) is 0 Å². The molecule has 0 radical (unpaired) electrons. The number of nitrogens with zero attached hydrogens (tertiary/aromatic N) is 1. The Morgan fingerprint density at radius 2 is 1.67 bits per heavy atom. The van der Waals surface area contributed by atoms with Crippen LogP contribution >= 0.6 is 0 Å². The molecule has 33 heavy (non-hydrogen) atoms. The molecule has 0 unspecified atom stereocenters. The summed E-state index contributed by atoms with van der Waals surface area (Å²) in [5.74, 6) is -0.775. The first-order chi connectivity index (χ1) is 15.9. The van der Waals surface area contributed by atoms with Crippen molar-refractivity contribution in [1.82, 2.24) is 0 Å². The fourth-order valence-corrected chi connectivity index (χ4v) is 5.03. The Balaban J connectivity index is 1.71. The normalized spacial score (nSPS) is 20.0. The predicted molar refractivity (Wildman–Crippen MR) is 128 cm³/mol. The molecule has 1 heterocycles. The number of anilines is 2. The number of carbonyl (C=O) groups is 2. The van der Waals surface area contributed by atoms with Gasteiger partial charge in [-0.3, -0.25) is 14.5 Å². The van der Waals surface area contributed by atoms with Crippen LogP contribution in [0.15, 0.2) is 84.1 Å². The van der Waals surface area contributed by atoms with Gasteiger partial charge in [0.1, 0.15) is 5.82 Å². The number of fused-ring (bicyclic) bond motifs is 1. The first-order valence-electron chi connectivity index (χ1n) is 11.2. The molecule has 1 aliphatic heterocycles. The minimum absolute atomic E-state index is 0.0679. The molecule has 4 nitrogen and oxygen atoms in total. The third-order valence-electron chi connectivity index (χ3n) is 6.57. The van der Waals surface area contributed by atoms with Gasteiger partial charge in [-0.15, -0.1) is 0 Å². The van der Waals surface area contributed by atoms with E-state index in [-0.39, 0.29) is 29.8 Å². The smallest absolute Gasteiger partial charge is 0.224 e. The van der Waals surface area contributed by atoms with E-state index in [1.165, 1.54) is 13.0 Å². The average molecular weight is 441 g/mol. The van der Waals surface area contributed by atoms with E-state index in [0.29, 0.717) is 17.6 Å². The molecule has 0 spiro atoms. The number of para-hydroxylation sites is 2. The number of rotatable bonds is 2. The number of nitrogens with one attached hydrogen (secondary N) is 1. The second-order valence-corrected chi connectivity index (χ2v) is 8.79. The average Bonchev–Trinajstić information content (AvgIpc) is 2.94. The molecule has 5 rings (SSSR count). The van der Waals surface area contributed by atoms with Gasteiger partial charge in [0.2, 0.25) is 5.91 Å². The van der Waals surface area contributed by atoms with Gasteiger partial charge in [0.25, 0.3) is 0 Å². The Bertz CT molecular complexity index is 1280. The molecule has 0 aromatic heterocycles. The number of allylic oxidation sites excluding steroid dienone is 1. The summed E-state index contributed by atoms with van der Waals surface area (Å²) in [7, 11) is 0. The van der Waals surface area contributed by atoms with Gasteiger partial charge in [-0.2, -0.15) is 0 Å². The minimum atomic E-state index is -0.552. The highest BCUT2D eigenvalue weighted by molar-refractivity contribution is 6.06. The molecule has 3 aromatic rings. The fourth-order valence-electron chi connectivity index (χ4n) is 5.03. The van der Waals surface area contributed by atoms with Crippen LogP contribution in [0, 0.1) is 12.7 Å². The lowest BCUT2D eigenvalue weighted by molar-refractivity contribution is -0.117. The van der Waals surface area contributed by atoms with E-state index < -0.39 is 6.04 Å². The molecule has 1 aliphatic carbocycles. The van der Waals surface area contributed by atoms with Crippen LogP contribution in [0.1, 0.15) is 48.4 Å². The van der Waals surface area contributed by atoms with Crippen LogP contribution in [0.2, 0.25) is 0 Å². The monoisotopic (exact) mass is 440 g/mol. The summed E-state index contributed by atoms with van der Waals surface area (Å²) in [6.45, 7) is 3.53. The molecule has 0 bridgehead atoms. The van der Waals surface area contributed by atoms with Gasteiger partial charge >= 0.3 is 0 Å². The van der Waals surface area contributed by atoms with Gasteiger partial charge in [0.05, 0.1) is 17.4 Å². The lowest BCUT2D eigenvalue weighted by atomic mass is 9.78. The minimum Gasteiger partial charge on any atom is -0.357 e. The van der Waals surface area contributed by atoms with Crippen LogP contribution in [0.4, 0.5) is 15.8 Å². The van der Waals surface area contributed by atoms with E-state index in [1.54, 1.807) is 23.1 Å². The highest BCUT2D eigenvalue weighted by Crippen LogP contribution is 2.47. The molecule has 1 amide bonds. The third-order valence-corrected chi connectivity index (χ3v) is 6.57. The molecule has 2 atom stereocenters. The molecule has 0 fully saturated rings. The van der Waals surface area contributed by atoms with Crippen LogP contribution in [0.5, 0.6) is 0 Å². The standard InChI is InChI=1S/C28H25FN2O2/c1-17-11-13-19(14-12-17)28-27-24(30-23-9-5-6-10-25(23)31(28)18(2)32)15-20(16-26(27)33)21-7-3-4-8-22(21)29/h3-14,20,28,30H,15-16H2,1-2H3/t20-,28-/m0/s1. The second kappa shape index (κ2) is 8.32. The number of aryl methyl sites for hydroxylation is 1. The lowest BCUT2D eigenvalue weighted by Crippen LogP contribution is -2.37. The van der Waals surface area contributed by atoms with Crippen molar-refractivity contribution in [1.29, 1.82) is 0 Å². The molecule has 166 valence electrons. The summed E-state index contributed by atoms with van der Waals surface area (Å²) in [4.78, 5) is 28.4. The quantitative estimate of drug-likeness (QED) is 0.527. The number of halogens is 1. The maximum absolute atomic E-state index is 14.6. The van der Waals surface area contributed by atoms with Gasteiger partial charge in [0, 0.05) is 24.6 Å². The molecule has 5 heteroatoms. The summed E-state index contributed by atoms with van der Waals surface area (Å²) >= 11 is 0. The zero-order valence-electron chi connectivity index (χ0n) is 18.6. The van der Waals surface area contributed by atoms with Crippen molar-refractivity contribution in [2.24, 2.45) is 0 Å². The highest BCUT2D eigenvalue weighted by atomic mass is 19.1. The van der Waals surface area contributed by atoms with Crippen LogP contribution in [-0.2, 0) is 9.59 Å². The third kappa shape index (κ3) is 3.74. The van der Waals surface area contributed by atoms with Crippen LogP contribution in [0.25, 0.3) is 0 Å². The number of Topliss-reactive ketones (excluding diaryl/α,β-unsaturated/α-hetero) is 1. The maximum atomic E-state index is 14.6. The molecule has 0 saturated carbocycles. The van der Waals surface area contributed by atoms with Gasteiger partial charge in [0.15, 0.2) is 5.78 Å². The number of hydrogen-bond donors (Lipinski definition) is 1. The van der Waals surface area contributed by atoms with E-state index in [9.17, 15) is 14.0 Å². The first kappa shape index (κ1) is 21.1.